The fourth-order valence-corrected chi connectivity index (χ4v) is 2.65. The van der Waals surface area contributed by atoms with Crippen LogP contribution in [0.5, 0.6) is 0 Å². The second-order valence-corrected chi connectivity index (χ2v) is 6.06. The number of unbranched alkanes of at least 4 members (excludes halogenated alkanes) is 6. The lowest BCUT2D eigenvalue weighted by Gasteiger charge is -2.28. The van der Waals surface area contributed by atoms with E-state index >= 15 is 0 Å². The van der Waals surface area contributed by atoms with Gasteiger partial charge < -0.3 is 5.11 Å². The maximum absolute atomic E-state index is 10.6. The van der Waals surface area contributed by atoms with Gasteiger partial charge in [-0.1, -0.05) is 63.5 Å². The van der Waals surface area contributed by atoms with Gasteiger partial charge in [0.25, 0.3) is 0 Å². The van der Waals surface area contributed by atoms with Crippen LogP contribution in [0.3, 0.4) is 0 Å². The van der Waals surface area contributed by atoms with E-state index in [1.54, 1.807) is 0 Å². The van der Waals surface area contributed by atoms with Crippen molar-refractivity contribution in [2.75, 3.05) is 0 Å². The molecule has 0 aromatic rings. The highest BCUT2D eigenvalue weighted by Crippen LogP contribution is 2.28. The molecule has 19 heavy (non-hydrogen) atoms. The maximum Gasteiger partial charge on any atom is 0.0687 e. The molecule has 0 saturated heterocycles. The number of allylic oxidation sites excluding steroid dienone is 1. The summed E-state index contributed by atoms with van der Waals surface area (Å²) in [6.45, 7) is 11.9. The van der Waals surface area contributed by atoms with Crippen LogP contribution in [0.1, 0.15) is 84.5 Å². The lowest BCUT2D eigenvalue weighted by Crippen LogP contribution is -2.28. The van der Waals surface area contributed by atoms with Crippen LogP contribution in [0.2, 0.25) is 0 Å². The normalized spacial score (nSPS) is 14.1. The van der Waals surface area contributed by atoms with Gasteiger partial charge in [-0.15, -0.1) is 13.2 Å². The van der Waals surface area contributed by atoms with Crippen molar-refractivity contribution in [2.45, 2.75) is 90.1 Å². The van der Waals surface area contributed by atoms with Crippen LogP contribution in [0.25, 0.3) is 0 Å². The van der Waals surface area contributed by atoms with Crippen molar-refractivity contribution in [1.82, 2.24) is 0 Å². The number of rotatable bonds is 13. The highest BCUT2D eigenvalue weighted by Gasteiger charge is 2.25. The molecule has 0 rings (SSSR count). The van der Waals surface area contributed by atoms with Crippen molar-refractivity contribution in [2.24, 2.45) is 0 Å². The number of aliphatic hydroxyl groups is 1. The number of hydrogen-bond acceptors (Lipinski definition) is 1. The Morgan fingerprint density at radius 2 is 1.63 bits per heavy atom. The average molecular weight is 266 g/mol. The smallest absolute Gasteiger partial charge is 0.0687 e. The largest absolute Gasteiger partial charge is 0.390 e. The van der Waals surface area contributed by atoms with E-state index in [2.05, 4.69) is 20.1 Å². The molecule has 0 saturated carbocycles. The lowest BCUT2D eigenvalue weighted by atomic mass is 9.85. The van der Waals surface area contributed by atoms with Gasteiger partial charge in [-0.2, -0.15) is 0 Å². The summed E-state index contributed by atoms with van der Waals surface area (Å²) in [6, 6.07) is 0. The molecule has 0 aliphatic carbocycles. The second kappa shape index (κ2) is 11.3. The van der Waals surface area contributed by atoms with E-state index in [-0.39, 0.29) is 0 Å². The second-order valence-electron chi connectivity index (χ2n) is 6.06. The average Bonchev–Trinajstić information content (AvgIpc) is 2.34. The molecule has 1 N–H and O–H groups in total. The summed E-state index contributed by atoms with van der Waals surface area (Å²) in [4.78, 5) is 0. The van der Waals surface area contributed by atoms with Crippen LogP contribution in [-0.4, -0.2) is 10.7 Å². The maximum atomic E-state index is 10.6. The minimum Gasteiger partial charge on any atom is -0.390 e. The van der Waals surface area contributed by atoms with E-state index in [4.69, 9.17) is 0 Å². The highest BCUT2D eigenvalue weighted by molar-refractivity contribution is 4.98. The summed E-state index contributed by atoms with van der Waals surface area (Å²) < 4.78 is 0. The quantitative estimate of drug-likeness (QED) is 0.330. The molecule has 1 heteroatoms. The predicted octanol–water partition coefficient (Wildman–Crippen LogP) is 5.79. The third kappa shape index (κ3) is 11.0. The van der Waals surface area contributed by atoms with Gasteiger partial charge in [0.1, 0.15) is 0 Å². The Morgan fingerprint density at radius 3 is 2.16 bits per heavy atom. The SMILES string of the molecule is C=CCCC(O)(CCCCCCCCC)CC(=C)C. The predicted molar refractivity (Wildman–Crippen MR) is 86.4 cm³/mol. The van der Waals surface area contributed by atoms with E-state index in [9.17, 15) is 5.11 Å². The molecule has 0 heterocycles. The molecule has 0 aliphatic heterocycles. The van der Waals surface area contributed by atoms with Gasteiger partial charge in [-0.25, -0.2) is 0 Å². The summed E-state index contributed by atoms with van der Waals surface area (Å²) in [5.41, 5.74) is 0.526. The zero-order valence-electron chi connectivity index (χ0n) is 13.2. The van der Waals surface area contributed by atoms with E-state index in [1.165, 1.54) is 38.5 Å². The van der Waals surface area contributed by atoms with Gasteiger partial charge in [0, 0.05) is 0 Å². The van der Waals surface area contributed by atoms with Gasteiger partial charge in [0.05, 0.1) is 5.60 Å². The van der Waals surface area contributed by atoms with Crippen LogP contribution in [0, 0.1) is 0 Å². The molecule has 0 bridgehead atoms. The molecular formula is C18H34O. The molecule has 0 radical (unpaired) electrons. The Morgan fingerprint density at radius 1 is 1.05 bits per heavy atom. The Bertz CT molecular complexity index is 244. The molecule has 0 spiro atoms. The van der Waals surface area contributed by atoms with Crippen molar-refractivity contribution in [3.63, 3.8) is 0 Å². The first-order valence-corrected chi connectivity index (χ1v) is 8.01. The van der Waals surface area contributed by atoms with Crippen LogP contribution in [0.15, 0.2) is 24.8 Å². The fourth-order valence-electron chi connectivity index (χ4n) is 2.65. The molecule has 0 aromatic carbocycles. The van der Waals surface area contributed by atoms with Crippen LogP contribution in [-0.2, 0) is 0 Å². The summed E-state index contributed by atoms with van der Waals surface area (Å²) in [5.74, 6) is 0. The van der Waals surface area contributed by atoms with E-state index in [1.807, 2.05) is 13.0 Å². The van der Waals surface area contributed by atoms with Crippen molar-refractivity contribution < 1.29 is 5.11 Å². The number of hydrogen-bond donors (Lipinski definition) is 1. The highest BCUT2D eigenvalue weighted by atomic mass is 16.3. The van der Waals surface area contributed by atoms with Crippen LogP contribution < -0.4 is 0 Å². The van der Waals surface area contributed by atoms with Crippen LogP contribution >= 0.6 is 0 Å². The van der Waals surface area contributed by atoms with Crippen LogP contribution in [0.4, 0.5) is 0 Å². The molecule has 0 fully saturated rings. The third-order valence-corrected chi connectivity index (χ3v) is 3.69. The minimum absolute atomic E-state index is 0.552. The summed E-state index contributed by atoms with van der Waals surface area (Å²) in [7, 11) is 0. The molecule has 1 unspecified atom stereocenters. The molecule has 1 nitrogen and oxygen atoms in total. The first kappa shape index (κ1) is 18.4. The van der Waals surface area contributed by atoms with E-state index in [0.717, 1.165) is 37.7 Å². The van der Waals surface area contributed by atoms with Crippen molar-refractivity contribution in [1.29, 1.82) is 0 Å². The Labute approximate surface area is 120 Å². The van der Waals surface area contributed by atoms with E-state index in [0.29, 0.717) is 0 Å². The zero-order valence-corrected chi connectivity index (χ0v) is 13.2. The molecule has 0 aliphatic rings. The third-order valence-electron chi connectivity index (χ3n) is 3.69. The summed E-state index contributed by atoms with van der Waals surface area (Å²) in [6.07, 6.45) is 14.3. The van der Waals surface area contributed by atoms with Gasteiger partial charge in [-0.3, -0.25) is 0 Å². The molecule has 0 amide bonds. The first-order chi connectivity index (χ1) is 9.04. The Balaban J connectivity index is 3.85. The molecule has 112 valence electrons. The van der Waals surface area contributed by atoms with E-state index < -0.39 is 5.60 Å². The monoisotopic (exact) mass is 266 g/mol. The fraction of sp³-hybridized carbons (Fsp3) is 0.778. The van der Waals surface area contributed by atoms with Gasteiger partial charge >= 0.3 is 0 Å². The lowest BCUT2D eigenvalue weighted by molar-refractivity contribution is 0.0216. The van der Waals surface area contributed by atoms with Crippen molar-refractivity contribution >= 4 is 0 Å². The summed E-state index contributed by atoms with van der Waals surface area (Å²) in [5, 5.41) is 10.6. The summed E-state index contributed by atoms with van der Waals surface area (Å²) >= 11 is 0. The molecular weight excluding hydrogens is 232 g/mol. The zero-order chi connectivity index (χ0) is 14.6. The standard InChI is InChI=1S/C18H34O/c1-5-7-9-10-11-12-13-15-18(19,14-8-6-2)16-17(3)4/h6,19H,2-3,5,7-16H2,1,4H3. The first-order valence-electron chi connectivity index (χ1n) is 8.01. The molecule has 1 atom stereocenters. The Kier molecular flexibility index (Phi) is 10.9. The van der Waals surface area contributed by atoms with Gasteiger partial charge in [-0.05, 0) is 32.6 Å². The van der Waals surface area contributed by atoms with Gasteiger partial charge in [0.15, 0.2) is 0 Å². The van der Waals surface area contributed by atoms with Crippen molar-refractivity contribution in [3.05, 3.63) is 24.8 Å². The van der Waals surface area contributed by atoms with Gasteiger partial charge in [0.2, 0.25) is 0 Å². The minimum atomic E-state index is -0.552. The van der Waals surface area contributed by atoms with Crippen molar-refractivity contribution in [3.8, 4) is 0 Å². The topological polar surface area (TPSA) is 20.2 Å². The molecule has 0 aromatic heterocycles. The Hall–Kier alpha value is -0.560.